The summed E-state index contributed by atoms with van der Waals surface area (Å²) in [4.78, 5) is 0. The van der Waals surface area contributed by atoms with Gasteiger partial charge >= 0.3 is 120 Å². The van der Waals surface area contributed by atoms with Crippen molar-refractivity contribution in [3.63, 3.8) is 0 Å². The fraction of sp³-hybridized carbons (Fsp3) is 0.244. The number of fused-ring (bicyclic) bond motifs is 5. The standard InChI is InChI=1S/C23H21.C13H8Cl2.C9H13.Zr/c1-22(2)7-5-14-10-18-16(12-20(14)22)9-17-13-21-15(11-19(17)18)6-8-23(21,3)4;14-12-5-1-3-10(8-12)7-11-4-2-6-13(15)9-11;1-9(2,3)8-6-4-5-7-8;/h5-13H,1-4H3;1-6,8-9H;6-7H,4H2,1-3H3;/q-1;;-1;+2. The Morgan fingerprint density at radius 1 is 0.729 bits per heavy atom. The summed E-state index contributed by atoms with van der Waals surface area (Å²) >= 11 is 13.3. The Labute approximate surface area is 311 Å². The fourth-order valence-electron chi connectivity index (χ4n) is 6.68. The molecule has 5 aromatic rings. The Morgan fingerprint density at radius 3 is 1.58 bits per heavy atom. The van der Waals surface area contributed by atoms with Gasteiger partial charge in [-0.15, -0.1) is 46.2 Å². The molecule has 5 aromatic carbocycles. The number of halogens is 2. The van der Waals surface area contributed by atoms with E-state index < -0.39 is 0 Å². The van der Waals surface area contributed by atoms with Crippen molar-refractivity contribution in [1.29, 1.82) is 0 Å². The Morgan fingerprint density at radius 2 is 1.21 bits per heavy atom. The first-order valence-electron chi connectivity index (χ1n) is 16.6. The zero-order valence-electron chi connectivity index (χ0n) is 28.9. The van der Waals surface area contributed by atoms with Crippen LogP contribution in [0.3, 0.4) is 0 Å². The van der Waals surface area contributed by atoms with Crippen molar-refractivity contribution in [2.24, 2.45) is 5.41 Å². The predicted molar refractivity (Wildman–Crippen MR) is 207 cm³/mol. The van der Waals surface area contributed by atoms with Gasteiger partial charge in [0.25, 0.3) is 0 Å². The topological polar surface area (TPSA) is 0 Å². The van der Waals surface area contributed by atoms with Gasteiger partial charge in [-0.2, -0.15) is 11.6 Å². The third-order valence-corrected chi connectivity index (χ3v) is 11.5. The first kappa shape index (κ1) is 34.9. The van der Waals surface area contributed by atoms with Crippen molar-refractivity contribution >= 4 is 60.1 Å². The van der Waals surface area contributed by atoms with Gasteiger partial charge in [0.2, 0.25) is 0 Å². The van der Waals surface area contributed by atoms with Gasteiger partial charge < -0.3 is 0 Å². The van der Waals surface area contributed by atoms with Crippen LogP contribution in [-0.4, -0.2) is 3.21 Å². The molecule has 8 rings (SSSR count). The molecule has 0 aliphatic heterocycles. The van der Waals surface area contributed by atoms with Crippen LogP contribution in [0.5, 0.6) is 0 Å². The van der Waals surface area contributed by atoms with Crippen molar-refractivity contribution in [2.45, 2.75) is 65.7 Å². The van der Waals surface area contributed by atoms with Crippen LogP contribution in [0.25, 0.3) is 33.7 Å². The summed E-state index contributed by atoms with van der Waals surface area (Å²) in [5, 5.41) is 7.06. The first-order chi connectivity index (χ1) is 22.6. The van der Waals surface area contributed by atoms with Crippen molar-refractivity contribution in [3.05, 3.63) is 158 Å². The summed E-state index contributed by atoms with van der Waals surface area (Å²) in [6, 6.07) is 27.7. The quantitative estimate of drug-likeness (QED) is 0.158. The monoisotopic (exact) mass is 742 g/mol. The number of hydrogen-bond acceptors (Lipinski definition) is 0. The second-order valence-corrected chi connectivity index (χ2v) is 17.3. The Balaban J connectivity index is 0.000000139. The molecule has 48 heavy (non-hydrogen) atoms. The van der Waals surface area contributed by atoms with Crippen molar-refractivity contribution in [3.8, 4) is 0 Å². The minimum absolute atomic E-state index is 0.152. The summed E-state index contributed by atoms with van der Waals surface area (Å²) in [5.74, 6) is 0. The molecule has 0 atom stereocenters. The molecule has 3 aliphatic rings. The molecule has 0 N–H and O–H groups in total. The Kier molecular flexibility index (Phi) is 9.74. The summed E-state index contributed by atoms with van der Waals surface area (Å²) in [6.07, 6.45) is 17.7. The maximum atomic E-state index is 5.98. The summed E-state index contributed by atoms with van der Waals surface area (Å²) in [6.45, 7) is 15.9. The molecule has 0 bridgehead atoms. The average molecular weight is 745 g/mol. The SMILES string of the molecule is CC(C)(C)C1=CC[C-]=C1.CC1(C)C=Cc2cc3c(cc21)[cH-]c1cc2c(cc13)C=CC2(C)C.Clc1cccc([C](=[Zr+2])c2cccc(Cl)c2)c1. The molecule has 0 saturated heterocycles. The van der Waals surface area contributed by atoms with Crippen LogP contribution in [0.1, 0.15) is 88.3 Å². The molecule has 0 spiro atoms. The van der Waals surface area contributed by atoms with E-state index in [2.05, 4.69) is 133 Å². The zero-order chi connectivity index (χ0) is 34.4. The maximum absolute atomic E-state index is 5.98. The summed E-state index contributed by atoms with van der Waals surface area (Å²) in [7, 11) is 0. The number of rotatable bonds is 2. The second kappa shape index (κ2) is 13.4. The molecular weight excluding hydrogens is 703 g/mol. The summed E-state index contributed by atoms with van der Waals surface area (Å²) < 4.78 is 1.26. The van der Waals surface area contributed by atoms with E-state index in [4.69, 9.17) is 23.2 Å². The first-order valence-corrected chi connectivity index (χ1v) is 18.6. The van der Waals surface area contributed by atoms with E-state index in [-0.39, 0.29) is 10.8 Å². The van der Waals surface area contributed by atoms with E-state index in [1.807, 2.05) is 36.4 Å². The molecule has 0 radical (unpaired) electrons. The zero-order valence-corrected chi connectivity index (χ0v) is 32.9. The normalized spacial score (nSPS) is 16.3. The van der Waals surface area contributed by atoms with E-state index >= 15 is 0 Å². The third-order valence-electron chi connectivity index (χ3n) is 9.58. The second-order valence-electron chi connectivity index (χ2n) is 15.2. The molecule has 0 aromatic heterocycles. The average Bonchev–Trinajstić information content (AvgIpc) is 3.82. The van der Waals surface area contributed by atoms with E-state index in [0.29, 0.717) is 5.41 Å². The van der Waals surface area contributed by atoms with Gasteiger partial charge in [0.05, 0.1) is 0 Å². The Hall–Kier alpha value is -2.96. The molecule has 0 fully saturated rings. The van der Waals surface area contributed by atoms with E-state index in [1.165, 1.54) is 76.8 Å². The van der Waals surface area contributed by atoms with E-state index in [1.54, 1.807) is 0 Å². The van der Waals surface area contributed by atoms with Crippen LogP contribution in [-0.2, 0) is 35.1 Å². The third kappa shape index (κ3) is 7.31. The molecule has 3 heteroatoms. The van der Waals surface area contributed by atoms with E-state index in [9.17, 15) is 0 Å². The van der Waals surface area contributed by atoms with Crippen LogP contribution in [0.2, 0.25) is 10.0 Å². The fourth-order valence-corrected chi connectivity index (χ4v) is 7.83. The molecule has 0 nitrogen and oxygen atoms in total. The van der Waals surface area contributed by atoms with Gasteiger partial charge in [0, 0.05) is 10.8 Å². The molecule has 0 amide bonds. The van der Waals surface area contributed by atoms with Crippen molar-refractivity contribution in [2.75, 3.05) is 0 Å². The Bertz CT molecular complexity index is 2040. The van der Waals surface area contributed by atoms with Gasteiger partial charge in [0.1, 0.15) is 0 Å². The van der Waals surface area contributed by atoms with Gasteiger partial charge in [-0.05, 0) is 11.1 Å². The van der Waals surface area contributed by atoms with Gasteiger partial charge in [0.15, 0.2) is 0 Å². The van der Waals surface area contributed by atoms with Crippen molar-refractivity contribution < 1.29 is 24.2 Å². The van der Waals surface area contributed by atoms with Crippen LogP contribution in [0.4, 0.5) is 0 Å². The van der Waals surface area contributed by atoms with Gasteiger partial charge in [-0.1, -0.05) is 101 Å². The molecule has 0 saturated carbocycles. The molecule has 0 heterocycles. The summed E-state index contributed by atoms with van der Waals surface area (Å²) in [5.41, 5.74) is 10.0. The van der Waals surface area contributed by atoms with Crippen LogP contribution in [0, 0.1) is 11.5 Å². The van der Waals surface area contributed by atoms with Crippen LogP contribution < -0.4 is 0 Å². The predicted octanol–water partition coefficient (Wildman–Crippen LogP) is 13.2. The number of hydrogen-bond donors (Lipinski definition) is 0. The van der Waals surface area contributed by atoms with Crippen LogP contribution in [0.15, 0.2) is 109 Å². The number of allylic oxidation sites excluding steroid dienone is 6. The van der Waals surface area contributed by atoms with Crippen LogP contribution >= 0.6 is 23.2 Å². The molecular formula is C45H42Cl2Zr. The molecule has 0 unspecified atom stereocenters. The van der Waals surface area contributed by atoms with E-state index in [0.717, 1.165) is 27.6 Å². The molecule has 3 aliphatic carbocycles. The van der Waals surface area contributed by atoms with Gasteiger partial charge in [-0.3, -0.25) is 6.08 Å². The minimum atomic E-state index is 0.152. The van der Waals surface area contributed by atoms with Gasteiger partial charge in [-0.25, -0.2) is 6.08 Å². The number of benzene rings is 4. The molecule has 240 valence electrons. The van der Waals surface area contributed by atoms with Crippen molar-refractivity contribution in [1.82, 2.24) is 0 Å².